The van der Waals surface area contributed by atoms with Gasteiger partial charge in [0.15, 0.2) is 0 Å². The first-order valence-electron chi connectivity index (χ1n) is 6.93. The van der Waals surface area contributed by atoms with Crippen LogP contribution in [0.2, 0.25) is 0 Å². The predicted octanol–water partition coefficient (Wildman–Crippen LogP) is 3.05. The number of fused-ring (bicyclic) bond motifs is 1. The highest BCUT2D eigenvalue weighted by atomic mass is 19.1. The van der Waals surface area contributed by atoms with E-state index in [0.717, 1.165) is 18.7 Å². The van der Waals surface area contributed by atoms with Crippen LogP contribution in [0.3, 0.4) is 0 Å². The maximum Gasteiger partial charge on any atom is 0.123 e. The van der Waals surface area contributed by atoms with Gasteiger partial charge in [-0.15, -0.1) is 0 Å². The highest BCUT2D eigenvalue weighted by Crippen LogP contribution is 2.30. The van der Waals surface area contributed by atoms with Gasteiger partial charge >= 0.3 is 0 Å². The number of rotatable bonds is 1. The van der Waals surface area contributed by atoms with Crippen molar-refractivity contribution in [1.82, 2.24) is 5.32 Å². The van der Waals surface area contributed by atoms with Gasteiger partial charge in [0.25, 0.3) is 0 Å². The molecule has 3 rings (SSSR count). The standard InChI is InChI=1S/C15H20FNO/c16-13-7-5-11(6-8-13)15-9-17-14-4-2-1-3-12(14)10-18-15/h5-8,12,14-15,17H,1-4,9-10H2. The molecule has 0 bridgehead atoms. The van der Waals surface area contributed by atoms with Crippen molar-refractivity contribution in [2.75, 3.05) is 13.2 Å². The zero-order valence-electron chi connectivity index (χ0n) is 10.6. The molecule has 0 radical (unpaired) electrons. The molecule has 0 aromatic heterocycles. The third kappa shape index (κ3) is 2.57. The van der Waals surface area contributed by atoms with E-state index >= 15 is 0 Å². The van der Waals surface area contributed by atoms with Crippen molar-refractivity contribution in [3.05, 3.63) is 35.6 Å². The minimum atomic E-state index is -0.186. The molecule has 1 aliphatic carbocycles. The number of hydrogen-bond acceptors (Lipinski definition) is 2. The van der Waals surface area contributed by atoms with E-state index in [0.29, 0.717) is 12.0 Å². The number of halogens is 1. The van der Waals surface area contributed by atoms with Crippen molar-refractivity contribution in [2.24, 2.45) is 5.92 Å². The fraction of sp³-hybridized carbons (Fsp3) is 0.600. The average molecular weight is 249 g/mol. The van der Waals surface area contributed by atoms with Gasteiger partial charge in [-0.05, 0) is 36.5 Å². The normalized spacial score (nSPS) is 32.6. The van der Waals surface area contributed by atoms with Gasteiger partial charge in [-0.2, -0.15) is 0 Å². The summed E-state index contributed by atoms with van der Waals surface area (Å²) in [4.78, 5) is 0. The predicted molar refractivity (Wildman–Crippen MR) is 68.8 cm³/mol. The molecule has 1 heterocycles. The molecule has 1 aromatic carbocycles. The van der Waals surface area contributed by atoms with E-state index in [1.807, 2.05) is 12.1 Å². The number of hydrogen-bond donors (Lipinski definition) is 1. The molecule has 18 heavy (non-hydrogen) atoms. The smallest absolute Gasteiger partial charge is 0.123 e. The molecule has 1 aliphatic heterocycles. The van der Waals surface area contributed by atoms with Crippen LogP contribution in [0.15, 0.2) is 24.3 Å². The van der Waals surface area contributed by atoms with Crippen LogP contribution in [0.5, 0.6) is 0 Å². The van der Waals surface area contributed by atoms with Crippen LogP contribution in [0.25, 0.3) is 0 Å². The number of nitrogens with one attached hydrogen (secondary N) is 1. The molecular formula is C15H20FNO. The van der Waals surface area contributed by atoms with E-state index in [-0.39, 0.29) is 11.9 Å². The van der Waals surface area contributed by atoms with E-state index in [1.165, 1.54) is 37.8 Å². The van der Waals surface area contributed by atoms with Crippen LogP contribution in [0.4, 0.5) is 4.39 Å². The fourth-order valence-corrected chi connectivity index (χ4v) is 3.12. The van der Waals surface area contributed by atoms with Gasteiger partial charge in [-0.25, -0.2) is 4.39 Å². The first-order chi connectivity index (χ1) is 8.83. The Morgan fingerprint density at radius 3 is 2.72 bits per heavy atom. The minimum absolute atomic E-state index is 0.0659. The molecule has 1 saturated carbocycles. The maximum atomic E-state index is 12.9. The van der Waals surface area contributed by atoms with E-state index in [1.54, 1.807) is 0 Å². The lowest BCUT2D eigenvalue weighted by molar-refractivity contribution is 0.0401. The Kier molecular flexibility index (Phi) is 3.62. The number of ether oxygens (including phenoxy) is 1. The van der Waals surface area contributed by atoms with Gasteiger partial charge < -0.3 is 10.1 Å². The fourth-order valence-electron chi connectivity index (χ4n) is 3.12. The topological polar surface area (TPSA) is 21.3 Å². The molecule has 2 nitrogen and oxygen atoms in total. The molecule has 1 saturated heterocycles. The summed E-state index contributed by atoms with van der Waals surface area (Å²) in [6, 6.07) is 7.30. The average Bonchev–Trinajstić information content (AvgIpc) is 2.62. The van der Waals surface area contributed by atoms with Gasteiger partial charge in [-0.1, -0.05) is 25.0 Å². The van der Waals surface area contributed by atoms with Gasteiger partial charge in [-0.3, -0.25) is 0 Å². The minimum Gasteiger partial charge on any atom is -0.372 e. The highest BCUT2D eigenvalue weighted by molar-refractivity contribution is 5.19. The van der Waals surface area contributed by atoms with E-state index < -0.39 is 0 Å². The molecular weight excluding hydrogens is 229 g/mol. The van der Waals surface area contributed by atoms with Crippen molar-refractivity contribution in [3.63, 3.8) is 0 Å². The van der Waals surface area contributed by atoms with Crippen LogP contribution in [0, 0.1) is 11.7 Å². The first kappa shape index (κ1) is 12.1. The van der Waals surface area contributed by atoms with Crippen molar-refractivity contribution in [3.8, 4) is 0 Å². The van der Waals surface area contributed by atoms with Crippen LogP contribution >= 0.6 is 0 Å². The third-order valence-corrected chi connectivity index (χ3v) is 4.23. The van der Waals surface area contributed by atoms with Crippen LogP contribution in [-0.4, -0.2) is 19.2 Å². The lowest BCUT2D eigenvalue weighted by atomic mass is 9.85. The Morgan fingerprint density at radius 1 is 1.11 bits per heavy atom. The van der Waals surface area contributed by atoms with E-state index in [4.69, 9.17) is 4.74 Å². The number of benzene rings is 1. The van der Waals surface area contributed by atoms with Crippen LogP contribution in [-0.2, 0) is 4.74 Å². The summed E-state index contributed by atoms with van der Waals surface area (Å²) in [6.45, 7) is 1.67. The molecule has 2 fully saturated rings. The van der Waals surface area contributed by atoms with Crippen molar-refractivity contribution >= 4 is 0 Å². The summed E-state index contributed by atoms with van der Waals surface area (Å²) in [7, 11) is 0. The lowest BCUT2D eigenvalue weighted by Gasteiger charge is -2.29. The van der Waals surface area contributed by atoms with Crippen molar-refractivity contribution in [1.29, 1.82) is 0 Å². The summed E-state index contributed by atoms with van der Waals surface area (Å²) in [6.07, 6.45) is 5.26. The van der Waals surface area contributed by atoms with Gasteiger partial charge in [0.2, 0.25) is 0 Å². The van der Waals surface area contributed by atoms with Crippen molar-refractivity contribution in [2.45, 2.75) is 37.8 Å². The highest BCUT2D eigenvalue weighted by Gasteiger charge is 2.29. The molecule has 1 N–H and O–H groups in total. The molecule has 98 valence electrons. The van der Waals surface area contributed by atoms with Crippen LogP contribution in [0.1, 0.15) is 37.4 Å². The summed E-state index contributed by atoms with van der Waals surface area (Å²) < 4.78 is 18.9. The van der Waals surface area contributed by atoms with E-state index in [2.05, 4.69) is 5.32 Å². The molecule has 2 aliphatic rings. The summed E-state index contributed by atoms with van der Waals surface area (Å²) >= 11 is 0. The molecule has 3 unspecified atom stereocenters. The Bertz CT molecular complexity index is 376. The van der Waals surface area contributed by atoms with Crippen molar-refractivity contribution < 1.29 is 9.13 Å². The molecule has 1 aromatic rings. The summed E-state index contributed by atoms with van der Waals surface area (Å²) in [5, 5.41) is 3.63. The summed E-state index contributed by atoms with van der Waals surface area (Å²) in [5.74, 6) is 0.471. The quantitative estimate of drug-likeness (QED) is 0.826. The second-order valence-corrected chi connectivity index (χ2v) is 5.43. The Balaban J connectivity index is 1.69. The summed E-state index contributed by atoms with van der Waals surface area (Å²) in [5.41, 5.74) is 1.07. The Hall–Kier alpha value is -0.930. The zero-order chi connectivity index (χ0) is 12.4. The molecule has 3 heteroatoms. The molecule has 3 atom stereocenters. The Morgan fingerprint density at radius 2 is 1.89 bits per heavy atom. The third-order valence-electron chi connectivity index (χ3n) is 4.23. The Labute approximate surface area is 108 Å². The second-order valence-electron chi connectivity index (χ2n) is 5.43. The molecule has 0 amide bonds. The largest absolute Gasteiger partial charge is 0.372 e. The lowest BCUT2D eigenvalue weighted by Crippen LogP contribution is -2.38. The maximum absolute atomic E-state index is 12.9. The monoisotopic (exact) mass is 249 g/mol. The first-order valence-corrected chi connectivity index (χ1v) is 6.93. The van der Waals surface area contributed by atoms with Gasteiger partial charge in [0, 0.05) is 12.6 Å². The van der Waals surface area contributed by atoms with E-state index in [9.17, 15) is 4.39 Å². The second kappa shape index (κ2) is 5.37. The molecule has 0 spiro atoms. The van der Waals surface area contributed by atoms with Gasteiger partial charge in [0.1, 0.15) is 5.82 Å². The van der Waals surface area contributed by atoms with Gasteiger partial charge in [0.05, 0.1) is 12.7 Å². The SMILES string of the molecule is Fc1ccc(C2CNC3CCCCC3CO2)cc1. The zero-order valence-corrected chi connectivity index (χ0v) is 10.6. The van der Waals surface area contributed by atoms with Crippen LogP contribution < -0.4 is 5.32 Å².